The van der Waals surface area contributed by atoms with Gasteiger partial charge in [0.15, 0.2) is 5.76 Å². The van der Waals surface area contributed by atoms with Crippen molar-refractivity contribution in [3.63, 3.8) is 0 Å². The maximum atomic E-state index is 12.5. The highest BCUT2D eigenvalue weighted by molar-refractivity contribution is 5.99. The Kier molecular flexibility index (Phi) is 4.78. The predicted octanol–water partition coefficient (Wildman–Crippen LogP) is 1.98. The van der Waals surface area contributed by atoms with Crippen LogP contribution in [-0.4, -0.2) is 43.4 Å². The molecule has 0 spiro atoms. The van der Waals surface area contributed by atoms with Crippen LogP contribution < -0.4 is 15.4 Å². The number of hydrogen-bond acceptors (Lipinski definition) is 5. The molecule has 1 aromatic carbocycles. The van der Waals surface area contributed by atoms with E-state index < -0.39 is 5.60 Å². The molecule has 0 radical (unpaired) electrons. The van der Waals surface area contributed by atoms with Crippen molar-refractivity contribution in [2.45, 2.75) is 31.8 Å². The van der Waals surface area contributed by atoms with Gasteiger partial charge in [0.1, 0.15) is 11.3 Å². The van der Waals surface area contributed by atoms with E-state index in [2.05, 4.69) is 10.6 Å². The van der Waals surface area contributed by atoms with E-state index in [1.165, 1.54) is 0 Å². The van der Waals surface area contributed by atoms with Gasteiger partial charge in [-0.25, -0.2) is 0 Å². The van der Waals surface area contributed by atoms with Crippen LogP contribution in [0.4, 0.5) is 0 Å². The lowest BCUT2D eigenvalue weighted by molar-refractivity contribution is 0.0272. The van der Waals surface area contributed by atoms with Gasteiger partial charge in [-0.3, -0.25) is 4.79 Å². The smallest absolute Gasteiger partial charge is 0.287 e. The van der Waals surface area contributed by atoms with Gasteiger partial charge in [0.05, 0.1) is 12.7 Å². The summed E-state index contributed by atoms with van der Waals surface area (Å²) >= 11 is 0. The summed E-state index contributed by atoms with van der Waals surface area (Å²) in [7, 11) is 1.59. The van der Waals surface area contributed by atoms with Crippen LogP contribution >= 0.6 is 0 Å². The number of hydrogen-bond donors (Lipinski definition) is 3. The number of aliphatic hydroxyl groups is 1. The minimum absolute atomic E-state index is 0.229. The highest BCUT2D eigenvalue weighted by Gasteiger charge is 2.29. The maximum Gasteiger partial charge on any atom is 0.287 e. The third kappa shape index (κ3) is 3.39. The Morgan fingerprint density at radius 1 is 1.42 bits per heavy atom. The van der Waals surface area contributed by atoms with Gasteiger partial charge in [-0.15, -0.1) is 0 Å². The second-order valence-electron chi connectivity index (χ2n) is 6.43. The molecule has 2 heterocycles. The average molecular weight is 332 g/mol. The topological polar surface area (TPSA) is 83.7 Å². The molecule has 1 aliphatic rings. The van der Waals surface area contributed by atoms with Crippen molar-refractivity contribution in [1.82, 2.24) is 10.6 Å². The van der Waals surface area contributed by atoms with Crippen LogP contribution in [0.2, 0.25) is 0 Å². The number of aryl methyl sites for hydroxylation is 1. The second-order valence-corrected chi connectivity index (χ2v) is 6.43. The standard InChI is InChI=1S/C18H24N2O4/c1-12-14-5-4-13(23-2)10-15(14)24-16(12)17(21)20-11-18(22)6-3-8-19-9-7-18/h4-5,10,19,22H,3,6-9,11H2,1-2H3,(H,20,21)/t18-/m1/s1. The number of carbonyl (C=O) groups is 1. The van der Waals surface area contributed by atoms with E-state index in [1.54, 1.807) is 13.2 Å². The van der Waals surface area contributed by atoms with Gasteiger partial charge in [0.2, 0.25) is 0 Å². The van der Waals surface area contributed by atoms with Gasteiger partial charge in [-0.2, -0.15) is 0 Å². The molecule has 1 amide bonds. The molecule has 0 aliphatic carbocycles. The van der Waals surface area contributed by atoms with E-state index in [0.717, 1.165) is 30.5 Å². The lowest BCUT2D eigenvalue weighted by Gasteiger charge is -2.26. The molecule has 3 N–H and O–H groups in total. The molecule has 130 valence electrons. The normalized spacial score (nSPS) is 21.5. The SMILES string of the molecule is COc1ccc2c(C)c(C(=O)NC[C@@]3(O)CCCNCC3)oc2c1. The summed E-state index contributed by atoms with van der Waals surface area (Å²) in [5.41, 5.74) is 0.552. The van der Waals surface area contributed by atoms with E-state index in [0.29, 0.717) is 24.2 Å². The lowest BCUT2D eigenvalue weighted by atomic mass is 9.95. The zero-order valence-corrected chi connectivity index (χ0v) is 14.1. The summed E-state index contributed by atoms with van der Waals surface area (Å²) in [6, 6.07) is 5.49. The maximum absolute atomic E-state index is 12.5. The summed E-state index contributed by atoms with van der Waals surface area (Å²) < 4.78 is 10.9. The van der Waals surface area contributed by atoms with Crippen LogP contribution in [-0.2, 0) is 0 Å². The van der Waals surface area contributed by atoms with E-state index in [9.17, 15) is 9.90 Å². The molecule has 24 heavy (non-hydrogen) atoms. The van der Waals surface area contributed by atoms with Gasteiger partial charge >= 0.3 is 0 Å². The van der Waals surface area contributed by atoms with Crippen LogP contribution in [0.5, 0.6) is 5.75 Å². The summed E-state index contributed by atoms with van der Waals surface area (Å²) in [6.07, 6.45) is 2.20. The summed E-state index contributed by atoms with van der Waals surface area (Å²) in [6.45, 7) is 3.75. The fraction of sp³-hybridized carbons (Fsp3) is 0.500. The van der Waals surface area contributed by atoms with Crippen molar-refractivity contribution >= 4 is 16.9 Å². The molecule has 1 aromatic heterocycles. The van der Waals surface area contributed by atoms with Crippen molar-refractivity contribution < 1.29 is 19.1 Å². The Balaban J connectivity index is 1.75. The molecule has 6 heteroatoms. The van der Waals surface area contributed by atoms with Crippen LogP contribution in [0.3, 0.4) is 0 Å². The van der Waals surface area contributed by atoms with Crippen LogP contribution in [0.1, 0.15) is 35.4 Å². The van der Waals surface area contributed by atoms with Crippen molar-refractivity contribution in [3.8, 4) is 5.75 Å². The lowest BCUT2D eigenvalue weighted by Crippen LogP contribution is -2.43. The molecule has 3 rings (SSSR count). The van der Waals surface area contributed by atoms with E-state index in [-0.39, 0.29) is 18.2 Å². The molecule has 1 atom stereocenters. The molecule has 1 fully saturated rings. The summed E-state index contributed by atoms with van der Waals surface area (Å²) in [4.78, 5) is 12.5. The molecule has 0 saturated carbocycles. The quantitative estimate of drug-likeness (QED) is 0.797. The number of methoxy groups -OCH3 is 1. The number of furan rings is 1. The van der Waals surface area contributed by atoms with E-state index >= 15 is 0 Å². The third-order valence-electron chi connectivity index (χ3n) is 4.69. The van der Waals surface area contributed by atoms with Crippen LogP contribution in [0, 0.1) is 6.92 Å². The molecular formula is C18H24N2O4. The zero-order valence-electron chi connectivity index (χ0n) is 14.1. The number of nitrogens with one attached hydrogen (secondary N) is 2. The molecule has 0 bridgehead atoms. The number of benzene rings is 1. The predicted molar refractivity (Wildman–Crippen MR) is 91.5 cm³/mol. The number of fused-ring (bicyclic) bond motifs is 1. The summed E-state index contributed by atoms with van der Waals surface area (Å²) in [5.74, 6) is 0.672. The number of amides is 1. The second kappa shape index (κ2) is 6.83. The van der Waals surface area contributed by atoms with Crippen molar-refractivity contribution in [1.29, 1.82) is 0 Å². The molecule has 2 aromatic rings. The number of carbonyl (C=O) groups excluding carboxylic acids is 1. The first-order valence-corrected chi connectivity index (χ1v) is 8.31. The fourth-order valence-corrected chi connectivity index (χ4v) is 3.16. The molecular weight excluding hydrogens is 308 g/mol. The van der Waals surface area contributed by atoms with E-state index in [4.69, 9.17) is 9.15 Å². The Bertz CT molecular complexity index is 730. The monoisotopic (exact) mass is 332 g/mol. The minimum Gasteiger partial charge on any atom is -0.497 e. The zero-order chi connectivity index (χ0) is 17.2. The molecule has 1 aliphatic heterocycles. The van der Waals surface area contributed by atoms with Gasteiger partial charge in [-0.1, -0.05) is 0 Å². The average Bonchev–Trinajstić information content (AvgIpc) is 2.76. The van der Waals surface area contributed by atoms with Crippen molar-refractivity contribution in [2.75, 3.05) is 26.7 Å². The highest BCUT2D eigenvalue weighted by atomic mass is 16.5. The third-order valence-corrected chi connectivity index (χ3v) is 4.69. The van der Waals surface area contributed by atoms with Gasteiger partial charge in [0, 0.05) is 23.6 Å². The first-order valence-electron chi connectivity index (χ1n) is 8.31. The number of rotatable bonds is 4. The Morgan fingerprint density at radius 2 is 2.25 bits per heavy atom. The van der Waals surface area contributed by atoms with Crippen LogP contribution in [0.15, 0.2) is 22.6 Å². The Morgan fingerprint density at radius 3 is 3.04 bits per heavy atom. The number of ether oxygens (including phenoxy) is 1. The Hall–Kier alpha value is -2.05. The molecule has 0 unspecified atom stereocenters. The van der Waals surface area contributed by atoms with Gasteiger partial charge in [0.25, 0.3) is 5.91 Å². The van der Waals surface area contributed by atoms with Crippen molar-refractivity contribution in [2.24, 2.45) is 0 Å². The van der Waals surface area contributed by atoms with Gasteiger partial charge in [-0.05, 0) is 51.4 Å². The first kappa shape index (κ1) is 16.8. The van der Waals surface area contributed by atoms with Gasteiger partial charge < -0.3 is 24.9 Å². The largest absolute Gasteiger partial charge is 0.497 e. The molecule has 1 saturated heterocycles. The first-order chi connectivity index (χ1) is 11.5. The highest BCUT2D eigenvalue weighted by Crippen LogP contribution is 2.28. The summed E-state index contributed by atoms with van der Waals surface area (Å²) in [5, 5.41) is 17.6. The molecule has 6 nitrogen and oxygen atoms in total. The minimum atomic E-state index is -0.859. The van der Waals surface area contributed by atoms with Crippen LogP contribution in [0.25, 0.3) is 11.0 Å². The van der Waals surface area contributed by atoms with Crippen molar-refractivity contribution in [3.05, 3.63) is 29.5 Å². The Labute approximate surface area is 141 Å². The fourth-order valence-electron chi connectivity index (χ4n) is 3.16. The van der Waals surface area contributed by atoms with E-state index in [1.807, 2.05) is 19.1 Å².